The average molecular weight is 319 g/mol. The lowest BCUT2D eigenvalue weighted by molar-refractivity contribution is 0.106. The summed E-state index contributed by atoms with van der Waals surface area (Å²) in [6.07, 6.45) is 2.82. The van der Waals surface area contributed by atoms with Gasteiger partial charge in [0.1, 0.15) is 5.82 Å². The Bertz CT molecular complexity index is 376. The Labute approximate surface area is 116 Å². The minimum Gasteiger partial charge on any atom is -0.382 e. The molecule has 0 bridgehead atoms. The van der Waals surface area contributed by atoms with Crippen LogP contribution in [0.3, 0.4) is 0 Å². The fraction of sp³-hybridized carbons (Fsp3) is 0.538. The van der Waals surface area contributed by atoms with E-state index >= 15 is 0 Å². The van der Waals surface area contributed by atoms with E-state index in [-0.39, 0.29) is 18.0 Å². The number of halogens is 2. The Balaban J connectivity index is 2.56. The van der Waals surface area contributed by atoms with Gasteiger partial charge in [0.15, 0.2) is 0 Å². The van der Waals surface area contributed by atoms with Gasteiger partial charge in [0.2, 0.25) is 0 Å². The molecule has 3 nitrogen and oxygen atoms in total. The van der Waals surface area contributed by atoms with Crippen molar-refractivity contribution in [2.75, 3.05) is 7.11 Å². The molecule has 0 radical (unpaired) electrons. The second kappa shape index (κ2) is 7.84. The lowest BCUT2D eigenvalue weighted by atomic mass is 10.0. The summed E-state index contributed by atoms with van der Waals surface area (Å²) in [5.74, 6) is 5.31. The molecule has 0 fully saturated rings. The Morgan fingerprint density at radius 3 is 2.72 bits per heavy atom. The Hall–Kier alpha value is -0.490. The van der Waals surface area contributed by atoms with Crippen LogP contribution in [0.15, 0.2) is 22.7 Å². The molecule has 0 aromatic heterocycles. The maximum Gasteiger partial charge on any atom is 0.124 e. The van der Waals surface area contributed by atoms with Gasteiger partial charge in [-0.3, -0.25) is 11.3 Å². The van der Waals surface area contributed by atoms with Gasteiger partial charge < -0.3 is 4.74 Å². The molecule has 5 heteroatoms. The SMILES string of the molecule is COC(C)CCC(Cc1ccc(F)cc1Br)NN. The highest BCUT2D eigenvalue weighted by Crippen LogP contribution is 2.20. The van der Waals surface area contributed by atoms with Gasteiger partial charge in [-0.25, -0.2) is 4.39 Å². The summed E-state index contributed by atoms with van der Waals surface area (Å²) < 4.78 is 19.0. The molecule has 2 unspecified atom stereocenters. The summed E-state index contributed by atoms with van der Waals surface area (Å²) in [5.41, 5.74) is 3.85. The number of benzene rings is 1. The molecule has 0 saturated carbocycles. The number of methoxy groups -OCH3 is 1. The molecular weight excluding hydrogens is 299 g/mol. The van der Waals surface area contributed by atoms with Crippen molar-refractivity contribution in [3.05, 3.63) is 34.1 Å². The van der Waals surface area contributed by atoms with Crippen LogP contribution in [0.25, 0.3) is 0 Å². The van der Waals surface area contributed by atoms with Gasteiger partial charge in [-0.05, 0) is 43.9 Å². The van der Waals surface area contributed by atoms with E-state index in [1.54, 1.807) is 13.2 Å². The van der Waals surface area contributed by atoms with Crippen LogP contribution in [0.5, 0.6) is 0 Å². The molecule has 0 spiro atoms. The van der Waals surface area contributed by atoms with Gasteiger partial charge in [0.25, 0.3) is 0 Å². The molecule has 0 heterocycles. The van der Waals surface area contributed by atoms with Crippen molar-refractivity contribution >= 4 is 15.9 Å². The monoisotopic (exact) mass is 318 g/mol. The van der Waals surface area contributed by atoms with Gasteiger partial charge >= 0.3 is 0 Å². The second-order valence-electron chi connectivity index (χ2n) is 4.43. The van der Waals surface area contributed by atoms with Crippen molar-refractivity contribution in [2.45, 2.75) is 38.3 Å². The first-order valence-corrected chi connectivity index (χ1v) is 6.79. The van der Waals surface area contributed by atoms with Gasteiger partial charge in [0, 0.05) is 17.6 Å². The van der Waals surface area contributed by atoms with Crippen LogP contribution in [-0.4, -0.2) is 19.3 Å². The van der Waals surface area contributed by atoms with Crippen molar-refractivity contribution < 1.29 is 9.13 Å². The molecule has 1 rings (SSSR count). The highest BCUT2D eigenvalue weighted by molar-refractivity contribution is 9.10. The molecule has 1 aromatic carbocycles. The predicted octanol–water partition coefficient (Wildman–Crippen LogP) is 2.78. The lowest BCUT2D eigenvalue weighted by Gasteiger charge is -2.18. The summed E-state index contributed by atoms with van der Waals surface area (Å²) in [6, 6.07) is 4.87. The van der Waals surface area contributed by atoms with Gasteiger partial charge in [-0.1, -0.05) is 22.0 Å². The molecule has 0 aliphatic carbocycles. The molecule has 2 atom stereocenters. The van der Waals surface area contributed by atoms with Crippen LogP contribution < -0.4 is 11.3 Å². The van der Waals surface area contributed by atoms with E-state index in [1.807, 2.05) is 6.92 Å². The zero-order valence-electron chi connectivity index (χ0n) is 10.7. The Morgan fingerprint density at radius 1 is 1.44 bits per heavy atom. The summed E-state index contributed by atoms with van der Waals surface area (Å²) in [7, 11) is 1.70. The molecule has 102 valence electrons. The first-order valence-electron chi connectivity index (χ1n) is 5.99. The maximum atomic E-state index is 13.0. The molecule has 0 aliphatic heterocycles. The fourth-order valence-electron chi connectivity index (χ4n) is 1.75. The van der Waals surface area contributed by atoms with Crippen LogP contribution in [0.1, 0.15) is 25.3 Å². The third-order valence-corrected chi connectivity index (χ3v) is 3.78. The summed E-state index contributed by atoms with van der Waals surface area (Å²) in [6.45, 7) is 2.03. The molecule has 1 aromatic rings. The van der Waals surface area contributed by atoms with Crippen LogP contribution in [0.4, 0.5) is 4.39 Å². The third kappa shape index (κ3) is 5.02. The molecular formula is C13H20BrFN2O. The maximum absolute atomic E-state index is 13.0. The average Bonchev–Trinajstić information content (AvgIpc) is 2.36. The van der Waals surface area contributed by atoms with Crippen LogP contribution >= 0.6 is 15.9 Å². The van der Waals surface area contributed by atoms with Crippen molar-refractivity contribution in [1.82, 2.24) is 5.43 Å². The van der Waals surface area contributed by atoms with E-state index in [2.05, 4.69) is 21.4 Å². The van der Waals surface area contributed by atoms with E-state index in [9.17, 15) is 4.39 Å². The Morgan fingerprint density at radius 2 is 2.17 bits per heavy atom. The molecule has 3 N–H and O–H groups in total. The quantitative estimate of drug-likeness (QED) is 0.600. The van der Waals surface area contributed by atoms with Gasteiger partial charge in [-0.15, -0.1) is 0 Å². The first-order chi connectivity index (χ1) is 8.56. The first kappa shape index (κ1) is 15.6. The third-order valence-electron chi connectivity index (χ3n) is 3.04. The van der Waals surface area contributed by atoms with E-state index in [0.29, 0.717) is 0 Å². The highest BCUT2D eigenvalue weighted by atomic mass is 79.9. The van der Waals surface area contributed by atoms with Crippen molar-refractivity contribution in [3.63, 3.8) is 0 Å². The van der Waals surface area contributed by atoms with E-state index < -0.39 is 0 Å². The summed E-state index contributed by atoms with van der Waals surface area (Å²) in [4.78, 5) is 0. The number of hydrogen-bond acceptors (Lipinski definition) is 3. The summed E-state index contributed by atoms with van der Waals surface area (Å²) in [5, 5.41) is 0. The van der Waals surface area contributed by atoms with Crippen LogP contribution in [0, 0.1) is 5.82 Å². The van der Waals surface area contributed by atoms with Gasteiger partial charge in [-0.2, -0.15) is 0 Å². The number of rotatable bonds is 7. The number of nitrogens with one attached hydrogen (secondary N) is 1. The fourth-order valence-corrected chi connectivity index (χ4v) is 2.26. The molecule has 0 saturated heterocycles. The van der Waals surface area contributed by atoms with Crippen molar-refractivity contribution in [3.8, 4) is 0 Å². The van der Waals surface area contributed by atoms with E-state index in [4.69, 9.17) is 10.6 Å². The second-order valence-corrected chi connectivity index (χ2v) is 5.28. The smallest absolute Gasteiger partial charge is 0.124 e. The van der Waals surface area contributed by atoms with E-state index in [0.717, 1.165) is 29.3 Å². The normalized spacial score (nSPS) is 14.5. The minimum absolute atomic E-state index is 0.157. The zero-order valence-corrected chi connectivity index (χ0v) is 12.3. The summed E-state index contributed by atoms with van der Waals surface area (Å²) >= 11 is 3.37. The zero-order chi connectivity index (χ0) is 13.5. The number of nitrogens with two attached hydrogens (primary N) is 1. The van der Waals surface area contributed by atoms with Gasteiger partial charge in [0.05, 0.1) is 6.10 Å². The predicted molar refractivity (Wildman–Crippen MR) is 74.6 cm³/mol. The number of hydrazine groups is 1. The van der Waals surface area contributed by atoms with E-state index in [1.165, 1.54) is 12.1 Å². The number of hydrogen-bond donors (Lipinski definition) is 2. The number of ether oxygens (including phenoxy) is 1. The Kier molecular flexibility index (Phi) is 6.78. The van der Waals surface area contributed by atoms with Crippen LogP contribution in [-0.2, 0) is 11.2 Å². The van der Waals surface area contributed by atoms with Crippen molar-refractivity contribution in [2.24, 2.45) is 5.84 Å². The molecule has 0 amide bonds. The molecule has 18 heavy (non-hydrogen) atoms. The molecule has 0 aliphatic rings. The highest BCUT2D eigenvalue weighted by Gasteiger charge is 2.12. The van der Waals surface area contributed by atoms with Crippen molar-refractivity contribution in [1.29, 1.82) is 0 Å². The standard InChI is InChI=1S/C13H20BrFN2O/c1-9(18-2)3-6-12(17-16)7-10-4-5-11(15)8-13(10)14/h4-5,8-9,12,17H,3,6-7,16H2,1-2H3. The van der Waals surface area contributed by atoms with Crippen LogP contribution in [0.2, 0.25) is 0 Å². The largest absolute Gasteiger partial charge is 0.382 e. The topological polar surface area (TPSA) is 47.3 Å². The lowest BCUT2D eigenvalue weighted by Crippen LogP contribution is -2.37. The minimum atomic E-state index is -0.240.